The Balaban J connectivity index is 1.88. The minimum atomic E-state index is -0.256. The second kappa shape index (κ2) is 3.32. The molecular formula is C12H16O3. The Bertz CT molecular complexity index is 310. The largest absolute Gasteiger partial charge is 0.393 e. The van der Waals surface area contributed by atoms with Gasteiger partial charge in [0.1, 0.15) is 0 Å². The Labute approximate surface area is 89.2 Å². The van der Waals surface area contributed by atoms with E-state index in [-0.39, 0.29) is 23.8 Å². The highest BCUT2D eigenvalue weighted by Crippen LogP contribution is 2.49. The van der Waals surface area contributed by atoms with Gasteiger partial charge in [-0.15, -0.1) is 0 Å². The molecule has 15 heavy (non-hydrogen) atoms. The molecule has 82 valence electrons. The van der Waals surface area contributed by atoms with E-state index >= 15 is 0 Å². The van der Waals surface area contributed by atoms with Crippen molar-refractivity contribution in [3.8, 4) is 0 Å². The summed E-state index contributed by atoms with van der Waals surface area (Å²) in [5.74, 6) is 0.443. The molecule has 0 amide bonds. The van der Waals surface area contributed by atoms with Crippen molar-refractivity contribution >= 4 is 11.9 Å². The molecule has 2 saturated carbocycles. The van der Waals surface area contributed by atoms with Gasteiger partial charge < -0.3 is 4.74 Å². The minimum absolute atomic E-state index is 0.0865. The summed E-state index contributed by atoms with van der Waals surface area (Å²) in [5.41, 5.74) is 0. The first-order chi connectivity index (χ1) is 7.27. The molecule has 0 radical (unpaired) electrons. The zero-order chi connectivity index (χ0) is 10.4. The van der Waals surface area contributed by atoms with Crippen molar-refractivity contribution in [2.24, 2.45) is 23.7 Å². The molecular weight excluding hydrogens is 192 g/mol. The molecule has 0 N–H and O–H groups in total. The van der Waals surface area contributed by atoms with Crippen LogP contribution in [0.25, 0.3) is 0 Å². The van der Waals surface area contributed by atoms with Gasteiger partial charge in [-0.2, -0.15) is 0 Å². The van der Waals surface area contributed by atoms with Gasteiger partial charge in [-0.3, -0.25) is 9.59 Å². The predicted molar refractivity (Wildman–Crippen MR) is 52.8 cm³/mol. The average molecular weight is 208 g/mol. The van der Waals surface area contributed by atoms with Crippen LogP contribution in [0.2, 0.25) is 0 Å². The molecule has 2 aliphatic carbocycles. The fraction of sp³-hybridized carbons (Fsp3) is 0.833. The summed E-state index contributed by atoms with van der Waals surface area (Å²) in [4.78, 5) is 23.1. The van der Waals surface area contributed by atoms with E-state index in [9.17, 15) is 9.59 Å². The SMILES string of the molecule is O=C1OC(=O)C2C1CCC1CCCCC12. The summed E-state index contributed by atoms with van der Waals surface area (Å²) in [6.07, 6.45) is 6.86. The highest BCUT2D eigenvalue weighted by molar-refractivity contribution is 5.96. The van der Waals surface area contributed by atoms with Crippen molar-refractivity contribution in [1.82, 2.24) is 0 Å². The van der Waals surface area contributed by atoms with Crippen LogP contribution in [0.1, 0.15) is 38.5 Å². The number of hydrogen-bond donors (Lipinski definition) is 0. The number of ether oxygens (including phenoxy) is 1. The third-order valence-electron chi connectivity index (χ3n) is 4.49. The second-order valence-corrected chi connectivity index (χ2v) is 5.16. The first-order valence-corrected chi connectivity index (χ1v) is 6.03. The molecule has 1 saturated heterocycles. The molecule has 1 heterocycles. The maximum atomic E-state index is 11.6. The van der Waals surface area contributed by atoms with Gasteiger partial charge in [0, 0.05) is 0 Å². The molecule has 0 bridgehead atoms. The summed E-state index contributed by atoms with van der Waals surface area (Å²) in [5, 5.41) is 0. The van der Waals surface area contributed by atoms with Crippen molar-refractivity contribution in [3.05, 3.63) is 0 Å². The number of carbonyl (C=O) groups is 2. The van der Waals surface area contributed by atoms with E-state index in [2.05, 4.69) is 0 Å². The molecule has 3 rings (SSSR count). The fourth-order valence-electron chi connectivity index (χ4n) is 3.79. The Morgan fingerprint density at radius 3 is 2.60 bits per heavy atom. The molecule has 3 nitrogen and oxygen atoms in total. The predicted octanol–water partition coefficient (Wildman–Crippen LogP) is 1.90. The molecule has 0 aromatic carbocycles. The van der Waals surface area contributed by atoms with Gasteiger partial charge in [0.25, 0.3) is 0 Å². The monoisotopic (exact) mass is 208 g/mol. The third kappa shape index (κ3) is 1.32. The van der Waals surface area contributed by atoms with E-state index in [1.807, 2.05) is 0 Å². The highest BCUT2D eigenvalue weighted by atomic mass is 16.6. The summed E-state index contributed by atoms with van der Waals surface area (Å²) in [6.45, 7) is 0. The molecule has 0 spiro atoms. The van der Waals surface area contributed by atoms with Crippen LogP contribution in [0.3, 0.4) is 0 Å². The minimum Gasteiger partial charge on any atom is -0.393 e. The summed E-state index contributed by atoms with van der Waals surface area (Å²) in [7, 11) is 0. The maximum absolute atomic E-state index is 11.6. The quantitative estimate of drug-likeness (QED) is 0.451. The first kappa shape index (κ1) is 9.37. The van der Waals surface area contributed by atoms with Gasteiger partial charge in [-0.1, -0.05) is 19.3 Å². The van der Waals surface area contributed by atoms with E-state index in [4.69, 9.17) is 4.74 Å². The first-order valence-electron chi connectivity index (χ1n) is 6.03. The van der Waals surface area contributed by atoms with Crippen LogP contribution in [0, 0.1) is 23.7 Å². The van der Waals surface area contributed by atoms with E-state index in [0.29, 0.717) is 11.8 Å². The number of carbonyl (C=O) groups excluding carboxylic acids is 2. The molecule has 4 unspecified atom stereocenters. The Hall–Kier alpha value is -0.860. The number of esters is 2. The lowest BCUT2D eigenvalue weighted by molar-refractivity contribution is -0.154. The van der Waals surface area contributed by atoms with Crippen LogP contribution in [0.15, 0.2) is 0 Å². The lowest BCUT2D eigenvalue weighted by atomic mass is 9.62. The van der Waals surface area contributed by atoms with Crippen molar-refractivity contribution in [1.29, 1.82) is 0 Å². The van der Waals surface area contributed by atoms with Gasteiger partial charge in [-0.05, 0) is 31.1 Å². The normalized spacial score (nSPS) is 44.5. The molecule has 4 atom stereocenters. The van der Waals surface area contributed by atoms with Crippen LogP contribution in [0.4, 0.5) is 0 Å². The second-order valence-electron chi connectivity index (χ2n) is 5.16. The van der Waals surface area contributed by atoms with Gasteiger partial charge in [0.05, 0.1) is 11.8 Å². The zero-order valence-corrected chi connectivity index (χ0v) is 8.78. The van der Waals surface area contributed by atoms with Crippen molar-refractivity contribution in [2.75, 3.05) is 0 Å². The Morgan fingerprint density at radius 1 is 0.933 bits per heavy atom. The van der Waals surface area contributed by atoms with Crippen LogP contribution in [-0.4, -0.2) is 11.9 Å². The number of cyclic esters (lactones) is 2. The fourth-order valence-corrected chi connectivity index (χ4v) is 3.79. The zero-order valence-electron chi connectivity index (χ0n) is 8.78. The lowest BCUT2D eigenvalue weighted by Crippen LogP contribution is -2.38. The maximum Gasteiger partial charge on any atom is 0.317 e. The van der Waals surface area contributed by atoms with Gasteiger partial charge >= 0.3 is 11.9 Å². The van der Waals surface area contributed by atoms with Gasteiger partial charge in [0.2, 0.25) is 0 Å². The van der Waals surface area contributed by atoms with E-state index in [0.717, 1.165) is 19.3 Å². The summed E-state index contributed by atoms with van der Waals surface area (Å²) in [6, 6.07) is 0. The molecule has 3 aliphatic rings. The molecule has 3 heteroatoms. The average Bonchev–Trinajstić information content (AvgIpc) is 2.55. The Morgan fingerprint density at radius 2 is 1.73 bits per heavy atom. The smallest absolute Gasteiger partial charge is 0.317 e. The van der Waals surface area contributed by atoms with Gasteiger partial charge in [-0.25, -0.2) is 0 Å². The van der Waals surface area contributed by atoms with Crippen LogP contribution in [-0.2, 0) is 14.3 Å². The molecule has 1 aliphatic heterocycles. The van der Waals surface area contributed by atoms with E-state index < -0.39 is 0 Å². The van der Waals surface area contributed by atoms with Crippen molar-refractivity contribution in [2.45, 2.75) is 38.5 Å². The van der Waals surface area contributed by atoms with Crippen LogP contribution in [0.5, 0.6) is 0 Å². The lowest BCUT2D eigenvalue weighted by Gasteiger charge is -2.39. The standard InChI is InChI=1S/C12H16O3/c13-11-9-6-5-7-3-1-2-4-8(7)10(9)12(14)15-11/h7-10H,1-6H2. The van der Waals surface area contributed by atoms with Crippen molar-refractivity contribution in [3.63, 3.8) is 0 Å². The summed E-state index contributed by atoms with van der Waals surface area (Å²) < 4.78 is 4.78. The van der Waals surface area contributed by atoms with Gasteiger partial charge in [0.15, 0.2) is 0 Å². The van der Waals surface area contributed by atoms with E-state index in [1.165, 1.54) is 19.3 Å². The molecule has 0 aromatic heterocycles. The summed E-state index contributed by atoms with van der Waals surface area (Å²) >= 11 is 0. The highest BCUT2D eigenvalue weighted by Gasteiger charge is 2.53. The third-order valence-corrected chi connectivity index (χ3v) is 4.49. The molecule has 0 aromatic rings. The van der Waals surface area contributed by atoms with E-state index in [1.54, 1.807) is 0 Å². The van der Waals surface area contributed by atoms with Crippen molar-refractivity contribution < 1.29 is 14.3 Å². The van der Waals surface area contributed by atoms with Crippen LogP contribution >= 0.6 is 0 Å². The molecule has 3 fully saturated rings. The number of rotatable bonds is 0. The number of hydrogen-bond acceptors (Lipinski definition) is 3. The van der Waals surface area contributed by atoms with Crippen LogP contribution < -0.4 is 0 Å². The Kier molecular flexibility index (Phi) is 2.08. The topological polar surface area (TPSA) is 43.4 Å². The number of fused-ring (bicyclic) bond motifs is 3.